The van der Waals surface area contributed by atoms with Gasteiger partial charge in [0.2, 0.25) is 0 Å². The molecule has 0 spiro atoms. The molecular formula is C16H18FNO2. The second kappa shape index (κ2) is 6.39. The first-order valence-corrected chi connectivity index (χ1v) is 6.35. The van der Waals surface area contributed by atoms with Gasteiger partial charge in [-0.3, -0.25) is 0 Å². The quantitative estimate of drug-likeness (QED) is 0.909. The summed E-state index contributed by atoms with van der Waals surface area (Å²) in [6.45, 7) is 0. The van der Waals surface area contributed by atoms with E-state index in [0.717, 1.165) is 5.56 Å². The molecule has 2 aromatic carbocycles. The number of nitrogens with one attached hydrogen (secondary N) is 1. The SMILES string of the molecule is CNC(c1ccccc1F)c1cccc(OC)c1OC. The predicted molar refractivity (Wildman–Crippen MR) is 76.8 cm³/mol. The summed E-state index contributed by atoms with van der Waals surface area (Å²) >= 11 is 0. The third kappa shape index (κ3) is 2.60. The highest BCUT2D eigenvalue weighted by Crippen LogP contribution is 2.37. The van der Waals surface area contributed by atoms with Gasteiger partial charge in [-0.15, -0.1) is 0 Å². The summed E-state index contributed by atoms with van der Waals surface area (Å²) < 4.78 is 24.7. The molecule has 0 radical (unpaired) electrons. The van der Waals surface area contributed by atoms with Crippen molar-refractivity contribution in [1.82, 2.24) is 5.32 Å². The number of para-hydroxylation sites is 1. The molecule has 0 fully saturated rings. The van der Waals surface area contributed by atoms with Crippen LogP contribution < -0.4 is 14.8 Å². The summed E-state index contributed by atoms with van der Waals surface area (Å²) in [6, 6.07) is 12.0. The zero-order valence-corrected chi connectivity index (χ0v) is 11.8. The number of halogens is 1. The standard InChI is InChI=1S/C16H18FNO2/c1-18-15(11-7-4-5-9-13(11)17)12-8-6-10-14(19-2)16(12)20-3/h4-10,15,18H,1-3H3. The summed E-state index contributed by atoms with van der Waals surface area (Å²) in [5, 5.41) is 3.13. The number of ether oxygens (including phenoxy) is 2. The van der Waals surface area contributed by atoms with Crippen molar-refractivity contribution in [2.45, 2.75) is 6.04 Å². The number of benzene rings is 2. The monoisotopic (exact) mass is 275 g/mol. The first-order chi connectivity index (χ1) is 9.72. The Morgan fingerprint density at radius 3 is 2.25 bits per heavy atom. The minimum atomic E-state index is -0.304. The molecule has 0 aliphatic heterocycles. The van der Waals surface area contributed by atoms with Crippen LogP contribution in [-0.2, 0) is 0 Å². The molecule has 106 valence electrons. The highest BCUT2D eigenvalue weighted by Gasteiger charge is 2.21. The number of rotatable bonds is 5. The Labute approximate surface area is 118 Å². The average Bonchev–Trinajstić information content (AvgIpc) is 2.49. The molecule has 1 N–H and O–H groups in total. The van der Waals surface area contributed by atoms with Crippen molar-refractivity contribution in [3.8, 4) is 11.5 Å². The lowest BCUT2D eigenvalue weighted by atomic mass is 9.97. The Kier molecular flexibility index (Phi) is 4.58. The normalized spacial score (nSPS) is 12.0. The molecule has 0 aromatic heterocycles. The van der Waals surface area contributed by atoms with Crippen molar-refractivity contribution in [3.05, 3.63) is 59.4 Å². The molecule has 3 nitrogen and oxygen atoms in total. The van der Waals surface area contributed by atoms with Crippen molar-refractivity contribution >= 4 is 0 Å². The first kappa shape index (κ1) is 14.3. The maximum atomic E-state index is 14.0. The fourth-order valence-electron chi connectivity index (χ4n) is 2.33. The highest BCUT2D eigenvalue weighted by atomic mass is 19.1. The number of hydrogen-bond acceptors (Lipinski definition) is 3. The summed E-state index contributed by atoms with van der Waals surface area (Å²) in [5.41, 5.74) is 1.40. The van der Waals surface area contributed by atoms with Crippen LogP contribution in [-0.4, -0.2) is 21.3 Å². The summed E-state index contributed by atoms with van der Waals surface area (Å²) in [6.07, 6.45) is 0. The van der Waals surface area contributed by atoms with Gasteiger partial charge in [0.15, 0.2) is 11.5 Å². The number of methoxy groups -OCH3 is 2. The molecule has 0 aliphatic carbocycles. The third-order valence-corrected chi connectivity index (χ3v) is 3.25. The fourth-order valence-corrected chi connectivity index (χ4v) is 2.33. The molecular weight excluding hydrogens is 257 g/mol. The fraction of sp³-hybridized carbons (Fsp3) is 0.250. The van der Waals surface area contributed by atoms with E-state index in [9.17, 15) is 4.39 Å². The second-order valence-corrected chi connectivity index (χ2v) is 4.33. The molecule has 4 heteroatoms. The molecule has 0 aliphatic rings. The van der Waals surface area contributed by atoms with Gasteiger partial charge in [-0.2, -0.15) is 0 Å². The van der Waals surface area contributed by atoms with Crippen LogP contribution in [0, 0.1) is 5.82 Å². The Bertz CT molecular complexity index is 586. The van der Waals surface area contributed by atoms with Crippen LogP contribution in [0.1, 0.15) is 17.2 Å². The zero-order valence-electron chi connectivity index (χ0n) is 11.8. The molecule has 1 atom stereocenters. The summed E-state index contributed by atoms with van der Waals surface area (Å²) in [4.78, 5) is 0. The Hall–Kier alpha value is -2.07. The summed E-state index contributed by atoms with van der Waals surface area (Å²) in [5.74, 6) is 0.982. The van der Waals surface area contributed by atoms with Gasteiger partial charge >= 0.3 is 0 Å². The van der Waals surface area contributed by atoms with Crippen molar-refractivity contribution < 1.29 is 13.9 Å². The average molecular weight is 275 g/mol. The van der Waals surface area contributed by atoms with E-state index in [0.29, 0.717) is 17.1 Å². The molecule has 0 saturated heterocycles. The van der Waals surface area contributed by atoms with E-state index in [-0.39, 0.29) is 11.9 Å². The smallest absolute Gasteiger partial charge is 0.165 e. The Morgan fingerprint density at radius 2 is 1.65 bits per heavy atom. The van der Waals surface area contributed by atoms with E-state index in [1.165, 1.54) is 6.07 Å². The topological polar surface area (TPSA) is 30.5 Å². The van der Waals surface area contributed by atoms with Crippen LogP contribution in [0.5, 0.6) is 11.5 Å². The first-order valence-electron chi connectivity index (χ1n) is 6.35. The molecule has 1 unspecified atom stereocenters. The lowest BCUT2D eigenvalue weighted by Gasteiger charge is -2.21. The van der Waals surface area contributed by atoms with Gasteiger partial charge < -0.3 is 14.8 Å². The Balaban J connectivity index is 2.55. The Morgan fingerprint density at radius 1 is 0.950 bits per heavy atom. The van der Waals surface area contributed by atoms with Crippen LogP contribution in [0.15, 0.2) is 42.5 Å². The van der Waals surface area contributed by atoms with Crippen LogP contribution in [0.3, 0.4) is 0 Å². The highest BCUT2D eigenvalue weighted by molar-refractivity contribution is 5.50. The second-order valence-electron chi connectivity index (χ2n) is 4.33. The van der Waals surface area contributed by atoms with Crippen molar-refractivity contribution in [2.24, 2.45) is 0 Å². The molecule has 20 heavy (non-hydrogen) atoms. The van der Waals surface area contributed by atoms with E-state index in [2.05, 4.69) is 5.32 Å². The van der Waals surface area contributed by atoms with Gasteiger partial charge in [-0.1, -0.05) is 30.3 Å². The van der Waals surface area contributed by atoms with Crippen LogP contribution >= 0.6 is 0 Å². The molecule has 0 bridgehead atoms. The minimum absolute atomic E-state index is 0.253. The lowest BCUT2D eigenvalue weighted by Crippen LogP contribution is -2.19. The predicted octanol–water partition coefficient (Wildman–Crippen LogP) is 3.15. The van der Waals surface area contributed by atoms with E-state index < -0.39 is 0 Å². The van der Waals surface area contributed by atoms with E-state index in [1.54, 1.807) is 33.4 Å². The van der Waals surface area contributed by atoms with Crippen LogP contribution in [0.4, 0.5) is 4.39 Å². The van der Waals surface area contributed by atoms with Gasteiger partial charge in [0.25, 0.3) is 0 Å². The summed E-state index contributed by atoms with van der Waals surface area (Å²) in [7, 11) is 4.95. The van der Waals surface area contributed by atoms with Crippen molar-refractivity contribution in [3.63, 3.8) is 0 Å². The van der Waals surface area contributed by atoms with Gasteiger partial charge in [0, 0.05) is 11.1 Å². The molecule has 0 amide bonds. The van der Waals surface area contributed by atoms with Gasteiger partial charge in [0.05, 0.1) is 20.3 Å². The van der Waals surface area contributed by atoms with E-state index >= 15 is 0 Å². The zero-order chi connectivity index (χ0) is 14.5. The van der Waals surface area contributed by atoms with E-state index in [4.69, 9.17) is 9.47 Å². The molecule has 2 aromatic rings. The van der Waals surface area contributed by atoms with Crippen molar-refractivity contribution in [1.29, 1.82) is 0 Å². The minimum Gasteiger partial charge on any atom is -0.493 e. The number of hydrogen-bond donors (Lipinski definition) is 1. The third-order valence-electron chi connectivity index (χ3n) is 3.25. The van der Waals surface area contributed by atoms with Crippen LogP contribution in [0.25, 0.3) is 0 Å². The van der Waals surface area contributed by atoms with Gasteiger partial charge in [-0.05, 0) is 19.2 Å². The lowest BCUT2D eigenvalue weighted by molar-refractivity contribution is 0.349. The van der Waals surface area contributed by atoms with Crippen LogP contribution in [0.2, 0.25) is 0 Å². The molecule has 2 rings (SSSR count). The molecule has 0 saturated carbocycles. The largest absolute Gasteiger partial charge is 0.493 e. The van der Waals surface area contributed by atoms with Gasteiger partial charge in [-0.25, -0.2) is 4.39 Å². The maximum absolute atomic E-state index is 14.0. The van der Waals surface area contributed by atoms with E-state index in [1.807, 2.05) is 24.3 Å². The van der Waals surface area contributed by atoms with Crippen molar-refractivity contribution in [2.75, 3.05) is 21.3 Å². The van der Waals surface area contributed by atoms with Gasteiger partial charge in [0.1, 0.15) is 5.82 Å². The maximum Gasteiger partial charge on any atom is 0.165 e. The molecule has 0 heterocycles.